The molecule has 124 valence electrons. The SMILES string of the molecule is Cc1csc2[nH]c(=S)n(-c3ccc(C4CC4)c4ccccc34)c(=O)c12. The van der Waals surface area contributed by atoms with Crippen LogP contribution < -0.4 is 5.56 Å². The maximum atomic E-state index is 13.2. The lowest BCUT2D eigenvalue weighted by Gasteiger charge is -2.13. The van der Waals surface area contributed by atoms with Crippen LogP contribution in [0.3, 0.4) is 0 Å². The number of H-pyrrole nitrogens is 1. The molecule has 2 heterocycles. The fraction of sp³-hybridized carbons (Fsp3) is 0.200. The molecule has 4 aromatic rings. The summed E-state index contributed by atoms with van der Waals surface area (Å²) in [5, 5.41) is 5.04. The fourth-order valence-electron chi connectivity index (χ4n) is 3.63. The summed E-state index contributed by atoms with van der Waals surface area (Å²) in [5.74, 6) is 0.659. The van der Waals surface area contributed by atoms with Crippen LogP contribution in [0.15, 0.2) is 46.6 Å². The number of nitrogens with one attached hydrogen (secondary N) is 1. The lowest BCUT2D eigenvalue weighted by molar-refractivity contribution is 0.948. The van der Waals surface area contributed by atoms with Crippen LogP contribution in [0.5, 0.6) is 0 Å². The highest BCUT2D eigenvalue weighted by Crippen LogP contribution is 2.44. The molecule has 0 atom stereocenters. The molecule has 2 aromatic heterocycles. The number of fused-ring (bicyclic) bond motifs is 2. The number of thiophene rings is 1. The Balaban J connectivity index is 1.90. The monoisotopic (exact) mass is 364 g/mol. The van der Waals surface area contributed by atoms with Crippen molar-refractivity contribution < 1.29 is 0 Å². The van der Waals surface area contributed by atoms with Crippen LogP contribution in [-0.4, -0.2) is 9.55 Å². The first-order valence-electron chi connectivity index (χ1n) is 8.40. The highest BCUT2D eigenvalue weighted by atomic mass is 32.1. The van der Waals surface area contributed by atoms with Gasteiger partial charge in [0, 0.05) is 5.39 Å². The lowest BCUT2D eigenvalue weighted by Crippen LogP contribution is -2.20. The van der Waals surface area contributed by atoms with Gasteiger partial charge in [-0.25, -0.2) is 0 Å². The summed E-state index contributed by atoms with van der Waals surface area (Å²) >= 11 is 7.06. The molecule has 2 aromatic carbocycles. The number of hydrogen-bond acceptors (Lipinski definition) is 3. The molecule has 0 amide bonds. The molecule has 1 saturated carbocycles. The molecule has 0 radical (unpaired) electrons. The van der Waals surface area contributed by atoms with Gasteiger partial charge in [0.25, 0.3) is 5.56 Å². The minimum atomic E-state index is -0.0400. The van der Waals surface area contributed by atoms with E-state index in [0.717, 1.165) is 26.9 Å². The molecular weight excluding hydrogens is 348 g/mol. The predicted octanol–water partition coefficient (Wildman–Crippen LogP) is 5.45. The molecule has 0 spiro atoms. The molecule has 1 fully saturated rings. The van der Waals surface area contributed by atoms with Crippen molar-refractivity contribution in [3.05, 3.63) is 68.0 Å². The van der Waals surface area contributed by atoms with Gasteiger partial charge in [0.2, 0.25) is 0 Å². The van der Waals surface area contributed by atoms with E-state index < -0.39 is 0 Å². The number of rotatable bonds is 2. The average Bonchev–Trinajstić information content (AvgIpc) is 3.38. The van der Waals surface area contributed by atoms with Crippen LogP contribution in [-0.2, 0) is 0 Å². The van der Waals surface area contributed by atoms with E-state index in [1.54, 1.807) is 4.57 Å². The van der Waals surface area contributed by atoms with Crippen molar-refractivity contribution in [2.75, 3.05) is 0 Å². The number of aromatic nitrogens is 2. The van der Waals surface area contributed by atoms with Gasteiger partial charge in [-0.3, -0.25) is 9.36 Å². The third-order valence-corrected chi connectivity index (χ3v) is 6.31. The van der Waals surface area contributed by atoms with Crippen molar-refractivity contribution in [2.24, 2.45) is 0 Å². The second kappa shape index (κ2) is 5.38. The Hall–Kier alpha value is -2.24. The van der Waals surface area contributed by atoms with Crippen molar-refractivity contribution in [1.29, 1.82) is 0 Å². The molecule has 5 rings (SSSR count). The maximum Gasteiger partial charge on any atom is 0.267 e. The Labute approximate surface area is 153 Å². The standard InChI is InChI=1S/C20H16N2OS2/c1-11-10-25-18-17(11)19(23)22(20(24)21-18)16-9-8-13(12-6-7-12)14-4-2-3-5-15(14)16/h2-5,8-10,12H,6-7H2,1H3,(H,21,24). The molecule has 0 saturated heterocycles. The first-order chi connectivity index (χ1) is 12.1. The third kappa shape index (κ3) is 2.23. The van der Waals surface area contributed by atoms with E-state index in [-0.39, 0.29) is 5.56 Å². The Bertz CT molecular complexity index is 1260. The summed E-state index contributed by atoms with van der Waals surface area (Å²) in [6, 6.07) is 12.5. The topological polar surface area (TPSA) is 37.8 Å². The van der Waals surface area contributed by atoms with Crippen molar-refractivity contribution >= 4 is 44.5 Å². The van der Waals surface area contributed by atoms with Gasteiger partial charge in [-0.15, -0.1) is 11.3 Å². The van der Waals surface area contributed by atoms with Crippen molar-refractivity contribution in [3.63, 3.8) is 0 Å². The molecular formula is C20H16N2OS2. The maximum absolute atomic E-state index is 13.2. The van der Waals surface area contributed by atoms with Crippen molar-refractivity contribution in [3.8, 4) is 5.69 Å². The Morgan fingerprint density at radius 1 is 1.16 bits per heavy atom. The molecule has 1 aliphatic rings. The second-order valence-electron chi connectivity index (χ2n) is 6.69. The molecule has 1 N–H and O–H groups in total. The van der Waals surface area contributed by atoms with Crippen LogP contribution in [0.4, 0.5) is 0 Å². The smallest absolute Gasteiger partial charge is 0.267 e. The second-order valence-corrected chi connectivity index (χ2v) is 7.95. The quantitative estimate of drug-likeness (QED) is 0.480. The average molecular weight is 364 g/mol. The largest absolute Gasteiger partial charge is 0.323 e. The van der Waals surface area contributed by atoms with Gasteiger partial charge in [-0.1, -0.05) is 30.3 Å². The summed E-state index contributed by atoms with van der Waals surface area (Å²) in [5.41, 5.74) is 3.19. The number of benzene rings is 2. The van der Waals surface area contributed by atoms with Gasteiger partial charge in [0.15, 0.2) is 4.77 Å². The van der Waals surface area contributed by atoms with E-state index >= 15 is 0 Å². The fourth-order valence-corrected chi connectivity index (χ4v) is 4.91. The molecule has 0 unspecified atom stereocenters. The number of nitrogens with zero attached hydrogens (tertiary/aromatic N) is 1. The number of aromatic amines is 1. The normalized spacial score (nSPS) is 14.4. The predicted molar refractivity (Wildman–Crippen MR) is 107 cm³/mol. The molecule has 5 heteroatoms. The molecule has 0 bridgehead atoms. The van der Waals surface area contributed by atoms with E-state index in [4.69, 9.17) is 12.2 Å². The molecule has 0 aliphatic heterocycles. The van der Waals surface area contributed by atoms with Gasteiger partial charge >= 0.3 is 0 Å². The van der Waals surface area contributed by atoms with E-state index in [1.165, 1.54) is 35.1 Å². The summed E-state index contributed by atoms with van der Waals surface area (Å²) in [4.78, 5) is 17.3. The summed E-state index contributed by atoms with van der Waals surface area (Å²) in [7, 11) is 0. The minimum Gasteiger partial charge on any atom is -0.323 e. The van der Waals surface area contributed by atoms with Crippen LogP contribution in [0, 0.1) is 11.7 Å². The summed E-state index contributed by atoms with van der Waals surface area (Å²) in [6.07, 6.45) is 2.51. The van der Waals surface area contributed by atoms with E-state index in [9.17, 15) is 4.79 Å². The van der Waals surface area contributed by atoms with Crippen LogP contribution in [0.1, 0.15) is 29.9 Å². The van der Waals surface area contributed by atoms with Crippen LogP contribution in [0.25, 0.3) is 26.7 Å². The first kappa shape index (κ1) is 15.0. The molecule has 1 aliphatic carbocycles. The number of hydrogen-bond donors (Lipinski definition) is 1. The summed E-state index contributed by atoms with van der Waals surface area (Å²) in [6.45, 7) is 1.97. The Morgan fingerprint density at radius 3 is 2.68 bits per heavy atom. The zero-order valence-corrected chi connectivity index (χ0v) is 15.3. The van der Waals surface area contributed by atoms with Gasteiger partial charge in [-0.2, -0.15) is 0 Å². The van der Waals surface area contributed by atoms with E-state index in [0.29, 0.717) is 10.7 Å². The molecule has 3 nitrogen and oxygen atoms in total. The zero-order valence-electron chi connectivity index (χ0n) is 13.7. The minimum absolute atomic E-state index is 0.0400. The lowest BCUT2D eigenvalue weighted by atomic mass is 9.99. The zero-order chi connectivity index (χ0) is 17.1. The molecule has 25 heavy (non-hydrogen) atoms. The van der Waals surface area contributed by atoms with Crippen molar-refractivity contribution in [2.45, 2.75) is 25.7 Å². The van der Waals surface area contributed by atoms with Gasteiger partial charge in [0.05, 0.1) is 11.1 Å². The Morgan fingerprint density at radius 2 is 1.92 bits per heavy atom. The van der Waals surface area contributed by atoms with E-state index in [1.807, 2.05) is 18.4 Å². The first-order valence-corrected chi connectivity index (χ1v) is 9.69. The van der Waals surface area contributed by atoms with Gasteiger partial charge in [-0.05, 0) is 65.9 Å². The highest BCUT2D eigenvalue weighted by molar-refractivity contribution is 7.71. The third-order valence-electron chi connectivity index (χ3n) is 5.01. The van der Waals surface area contributed by atoms with E-state index in [2.05, 4.69) is 35.3 Å². The van der Waals surface area contributed by atoms with Crippen LogP contribution >= 0.6 is 23.6 Å². The van der Waals surface area contributed by atoms with Crippen molar-refractivity contribution in [1.82, 2.24) is 9.55 Å². The van der Waals surface area contributed by atoms with Gasteiger partial charge < -0.3 is 4.98 Å². The van der Waals surface area contributed by atoms with Gasteiger partial charge in [0.1, 0.15) is 4.83 Å². The van der Waals surface area contributed by atoms with Crippen LogP contribution in [0.2, 0.25) is 0 Å². The Kier molecular flexibility index (Phi) is 3.24. The summed E-state index contributed by atoms with van der Waals surface area (Å²) < 4.78 is 2.10. The number of aryl methyl sites for hydroxylation is 1. The highest BCUT2D eigenvalue weighted by Gasteiger charge is 2.26.